The van der Waals surface area contributed by atoms with E-state index < -0.39 is 17.5 Å². The van der Waals surface area contributed by atoms with Crippen molar-refractivity contribution in [1.29, 1.82) is 0 Å². The van der Waals surface area contributed by atoms with E-state index in [4.69, 9.17) is 21.4 Å². The molecule has 0 bridgehead atoms. The average Bonchev–Trinajstić information content (AvgIpc) is 2.23. The van der Waals surface area contributed by atoms with Crippen LogP contribution in [0.1, 0.15) is 31.1 Å². The zero-order valence-corrected chi connectivity index (χ0v) is 11.7. The highest BCUT2D eigenvalue weighted by Gasteiger charge is 2.17. The zero-order valence-electron chi connectivity index (χ0n) is 11.0. The second-order valence-corrected chi connectivity index (χ2v) is 5.37. The van der Waals surface area contributed by atoms with E-state index >= 15 is 0 Å². The number of carbonyl (C=O) groups is 2. The summed E-state index contributed by atoms with van der Waals surface area (Å²) in [6.45, 7) is 5.14. The van der Waals surface area contributed by atoms with Gasteiger partial charge in [0.1, 0.15) is 12.1 Å². The second kappa shape index (κ2) is 5.93. The summed E-state index contributed by atoms with van der Waals surface area (Å²) in [5.74, 6) is -1.56. The Hall–Kier alpha value is -1.75. The van der Waals surface area contributed by atoms with E-state index in [2.05, 4.69) is 5.32 Å². The van der Waals surface area contributed by atoms with E-state index in [0.29, 0.717) is 5.02 Å². The minimum Gasteiger partial charge on any atom is -0.478 e. The first-order valence-corrected chi connectivity index (χ1v) is 6.05. The zero-order chi connectivity index (χ0) is 14.6. The second-order valence-electron chi connectivity index (χ2n) is 4.94. The van der Waals surface area contributed by atoms with Gasteiger partial charge in [0.25, 0.3) is 0 Å². The van der Waals surface area contributed by atoms with Crippen molar-refractivity contribution < 1.29 is 19.4 Å². The van der Waals surface area contributed by atoms with E-state index in [1.165, 1.54) is 18.2 Å². The van der Waals surface area contributed by atoms with Crippen molar-refractivity contribution in [3.8, 4) is 0 Å². The van der Waals surface area contributed by atoms with Crippen molar-refractivity contribution >= 4 is 29.2 Å². The predicted molar refractivity (Wildman–Crippen MR) is 72.7 cm³/mol. The molecule has 0 aromatic heterocycles. The maximum atomic E-state index is 11.5. The number of anilines is 1. The number of nitrogens with one attached hydrogen (secondary N) is 1. The average molecular weight is 286 g/mol. The van der Waals surface area contributed by atoms with Gasteiger partial charge in [0.05, 0.1) is 11.3 Å². The lowest BCUT2D eigenvalue weighted by atomic mass is 10.2. The van der Waals surface area contributed by atoms with Gasteiger partial charge in [-0.2, -0.15) is 0 Å². The largest absolute Gasteiger partial charge is 0.478 e. The number of hydrogen-bond acceptors (Lipinski definition) is 4. The topological polar surface area (TPSA) is 75.6 Å². The van der Waals surface area contributed by atoms with E-state index in [1.54, 1.807) is 20.8 Å². The number of esters is 1. The summed E-state index contributed by atoms with van der Waals surface area (Å²) in [6, 6.07) is 4.31. The molecule has 0 unspecified atom stereocenters. The van der Waals surface area contributed by atoms with Crippen molar-refractivity contribution in [3.05, 3.63) is 28.8 Å². The molecule has 0 spiro atoms. The molecule has 0 radical (unpaired) electrons. The number of aromatic carboxylic acids is 1. The Kier molecular flexibility index (Phi) is 4.78. The van der Waals surface area contributed by atoms with Gasteiger partial charge in [0.15, 0.2) is 0 Å². The Morgan fingerprint density at radius 1 is 1.37 bits per heavy atom. The van der Waals surface area contributed by atoms with Crippen LogP contribution in [0, 0.1) is 0 Å². The molecular formula is C13H16ClNO4. The Morgan fingerprint density at radius 3 is 2.53 bits per heavy atom. The smallest absolute Gasteiger partial charge is 0.337 e. The molecule has 6 heteroatoms. The molecule has 1 rings (SSSR count). The number of carboxylic acids is 1. The number of ether oxygens (including phenoxy) is 1. The molecule has 0 aliphatic rings. The number of halogens is 1. The van der Waals surface area contributed by atoms with Crippen LogP contribution in [0.3, 0.4) is 0 Å². The molecule has 2 N–H and O–H groups in total. The lowest BCUT2D eigenvalue weighted by molar-refractivity contribution is -0.152. The van der Waals surface area contributed by atoms with Crippen LogP contribution in [-0.4, -0.2) is 29.2 Å². The molecule has 0 aliphatic carbocycles. The maximum absolute atomic E-state index is 11.5. The van der Waals surface area contributed by atoms with E-state index in [-0.39, 0.29) is 17.8 Å². The van der Waals surface area contributed by atoms with Gasteiger partial charge in [-0.25, -0.2) is 4.79 Å². The molecule has 5 nitrogen and oxygen atoms in total. The lowest BCUT2D eigenvalue weighted by Crippen LogP contribution is -2.28. The number of hydrogen-bond donors (Lipinski definition) is 2. The first-order valence-electron chi connectivity index (χ1n) is 5.67. The van der Waals surface area contributed by atoms with Gasteiger partial charge in [-0.05, 0) is 39.0 Å². The van der Waals surface area contributed by atoms with Crippen molar-refractivity contribution in [2.24, 2.45) is 0 Å². The van der Waals surface area contributed by atoms with Crippen LogP contribution >= 0.6 is 11.6 Å². The van der Waals surface area contributed by atoms with Gasteiger partial charge in [-0.1, -0.05) is 11.6 Å². The number of benzene rings is 1. The highest BCUT2D eigenvalue weighted by molar-refractivity contribution is 6.31. The lowest BCUT2D eigenvalue weighted by Gasteiger charge is -2.20. The molecule has 0 saturated heterocycles. The number of rotatable bonds is 4. The van der Waals surface area contributed by atoms with Crippen LogP contribution < -0.4 is 5.32 Å². The number of carbonyl (C=O) groups excluding carboxylic acids is 1. The van der Waals surface area contributed by atoms with Gasteiger partial charge < -0.3 is 15.2 Å². The van der Waals surface area contributed by atoms with Crippen LogP contribution in [-0.2, 0) is 9.53 Å². The Balaban J connectivity index is 2.75. The summed E-state index contributed by atoms with van der Waals surface area (Å²) in [6.07, 6.45) is 0. The SMILES string of the molecule is CC(C)(C)OC(=O)CNc1cc(Cl)ccc1C(=O)O. The van der Waals surface area contributed by atoms with Crippen LogP contribution in [0.5, 0.6) is 0 Å². The van der Waals surface area contributed by atoms with Gasteiger partial charge in [0.2, 0.25) is 0 Å². The molecule has 0 atom stereocenters. The van der Waals surface area contributed by atoms with Crippen LogP contribution in [0.2, 0.25) is 5.02 Å². The molecule has 1 aromatic carbocycles. The van der Waals surface area contributed by atoms with E-state index in [9.17, 15) is 9.59 Å². The van der Waals surface area contributed by atoms with Crippen molar-refractivity contribution in [1.82, 2.24) is 0 Å². The minimum absolute atomic E-state index is 0.0490. The van der Waals surface area contributed by atoms with Gasteiger partial charge >= 0.3 is 11.9 Å². The summed E-state index contributed by atoms with van der Waals surface area (Å²) in [5, 5.41) is 12.1. The quantitative estimate of drug-likeness (QED) is 0.832. The highest BCUT2D eigenvalue weighted by atomic mass is 35.5. The van der Waals surface area contributed by atoms with Crippen molar-refractivity contribution in [2.45, 2.75) is 26.4 Å². The fraction of sp³-hybridized carbons (Fsp3) is 0.385. The Labute approximate surface area is 116 Å². The first-order chi connectivity index (χ1) is 8.69. The molecule has 0 aliphatic heterocycles. The minimum atomic E-state index is -1.09. The van der Waals surface area contributed by atoms with Crippen LogP contribution in [0.15, 0.2) is 18.2 Å². The molecule has 0 heterocycles. The first kappa shape index (κ1) is 15.3. The third-order valence-electron chi connectivity index (χ3n) is 2.06. The molecule has 0 saturated carbocycles. The summed E-state index contributed by atoms with van der Waals surface area (Å²) in [4.78, 5) is 22.5. The summed E-state index contributed by atoms with van der Waals surface area (Å²) >= 11 is 5.79. The van der Waals surface area contributed by atoms with Gasteiger partial charge in [0, 0.05) is 5.02 Å². The number of carboxylic acid groups (broad SMARTS) is 1. The molecule has 19 heavy (non-hydrogen) atoms. The summed E-state index contributed by atoms with van der Waals surface area (Å²) < 4.78 is 5.11. The van der Waals surface area contributed by atoms with Crippen LogP contribution in [0.25, 0.3) is 0 Å². The van der Waals surface area contributed by atoms with Crippen molar-refractivity contribution in [2.75, 3.05) is 11.9 Å². The molecule has 0 amide bonds. The van der Waals surface area contributed by atoms with Crippen molar-refractivity contribution in [3.63, 3.8) is 0 Å². The molecule has 0 fully saturated rings. The molecule has 1 aromatic rings. The third kappa shape index (κ3) is 5.18. The monoisotopic (exact) mass is 285 g/mol. The Morgan fingerprint density at radius 2 is 2.00 bits per heavy atom. The standard InChI is InChI=1S/C13H16ClNO4/c1-13(2,3)19-11(16)7-15-10-6-8(14)4-5-9(10)12(17)18/h4-6,15H,7H2,1-3H3,(H,17,18). The Bertz CT molecular complexity index is 494. The van der Waals surface area contributed by atoms with Gasteiger partial charge in [-0.3, -0.25) is 4.79 Å². The summed E-state index contributed by atoms with van der Waals surface area (Å²) in [5.41, 5.74) is -0.248. The van der Waals surface area contributed by atoms with Crippen LogP contribution in [0.4, 0.5) is 5.69 Å². The van der Waals surface area contributed by atoms with Gasteiger partial charge in [-0.15, -0.1) is 0 Å². The fourth-order valence-electron chi connectivity index (χ4n) is 1.39. The van der Waals surface area contributed by atoms with E-state index in [1.807, 2.05) is 0 Å². The fourth-order valence-corrected chi connectivity index (χ4v) is 1.57. The maximum Gasteiger partial charge on any atom is 0.337 e. The van der Waals surface area contributed by atoms with E-state index in [0.717, 1.165) is 0 Å². The predicted octanol–water partition coefficient (Wildman–Crippen LogP) is 2.79. The third-order valence-corrected chi connectivity index (χ3v) is 2.29. The summed E-state index contributed by atoms with van der Waals surface area (Å²) in [7, 11) is 0. The molecular weight excluding hydrogens is 270 g/mol. The highest BCUT2D eigenvalue weighted by Crippen LogP contribution is 2.21. The molecule has 104 valence electrons. The normalized spacial score (nSPS) is 10.9.